The minimum absolute atomic E-state index is 0.147. The van der Waals surface area contributed by atoms with E-state index in [-0.39, 0.29) is 18.4 Å². The van der Waals surface area contributed by atoms with E-state index in [1.807, 2.05) is 12.1 Å². The van der Waals surface area contributed by atoms with Gasteiger partial charge >= 0.3 is 6.01 Å². The van der Waals surface area contributed by atoms with Crippen LogP contribution < -0.4 is 14.5 Å². The Kier molecular flexibility index (Phi) is 8.49. The Balaban J connectivity index is 1.15. The summed E-state index contributed by atoms with van der Waals surface area (Å²) >= 11 is 6.71. The highest BCUT2D eigenvalue weighted by atomic mass is 35.5. The van der Waals surface area contributed by atoms with Crippen LogP contribution in [0.5, 0.6) is 6.01 Å². The van der Waals surface area contributed by atoms with Crippen molar-refractivity contribution in [3.05, 3.63) is 65.3 Å². The fourth-order valence-electron chi connectivity index (χ4n) is 7.38. The highest BCUT2D eigenvalue weighted by Crippen LogP contribution is 2.37. The number of carbonyl (C=O) groups is 1. The van der Waals surface area contributed by atoms with E-state index in [9.17, 15) is 10.1 Å². The molecule has 4 aliphatic heterocycles. The van der Waals surface area contributed by atoms with Crippen LogP contribution in [0, 0.1) is 11.3 Å². The smallest absolute Gasteiger partial charge is 0.318 e. The van der Waals surface area contributed by atoms with E-state index in [4.69, 9.17) is 31.0 Å². The van der Waals surface area contributed by atoms with Crippen molar-refractivity contribution in [2.75, 3.05) is 62.3 Å². The predicted molar refractivity (Wildman–Crippen MR) is 174 cm³/mol. The Morgan fingerprint density at radius 1 is 1.16 bits per heavy atom. The third kappa shape index (κ3) is 5.92. The zero-order valence-corrected chi connectivity index (χ0v) is 26.2. The number of halogens is 1. The maximum Gasteiger partial charge on any atom is 0.318 e. The van der Waals surface area contributed by atoms with E-state index >= 15 is 0 Å². The lowest BCUT2D eigenvalue weighted by molar-refractivity contribution is -0.128. The normalized spacial score (nSPS) is 22.8. The van der Waals surface area contributed by atoms with Crippen LogP contribution in [-0.2, 0) is 22.5 Å². The molecule has 5 heterocycles. The molecule has 1 aromatic heterocycles. The van der Waals surface area contributed by atoms with Gasteiger partial charge in [0.1, 0.15) is 5.82 Å². The number of anilines is 2. The fraction of sp³-hybridized carbons (Fsp3) is 0.471. The maximum absolute atomic E-state index is 12.6. The quantitative estimate of drug-likeness (QED) is 0.255. The van der Waals surface area contributed by atoms with Crippen molar-refractivity contribution in [1.29, 1.82) is 5.26 Å². The highest BCUT2D eigenvalue weighted by Gasteiger charge is 2.38. The number of morpholine rings is 1. The molecular formula is C34H38ClN7O3. The molecule has 3 aromatic rings. The Morgan fingerprint density at radius 2 is 2.02 bits per heavy atom. The molecule has 0 spiro atoms. The summed E-state index contributed by atoms with van der Waals surface area (Å²) in [7, 11) is 0. The highest BCUT2D eigenvalue weighted by molar-refractivity contribution is 6.36. The molecule has 2 bridgehead atoms. The molecule has 3 atom stereocenters. The lowest BCUT2D eigenvalue weighted by Gasteiger charge is -2.42. The summed E-state index contributed by atoms with van der Waals surface area (Å²) in [6, 6.07) is 15.2. The molecule has 0 saturated carbocycles. The number of ether oxygens (including phenoxy) is 2. The monoisotopic (exact) mass is 627 g/mol. The van der Waals surface area contributed by atoms with Crippen molar-refractivity contribution >= 4 is 39.8 Å². The number of nitriles is 1. The summed E-state index contributed by atoms with van der Waals surface area (Å²) in [5.74, 6) is 0.694. The van der Waals surface area contributed by atoms with Crippen LogP contribution >= 0.6 is 11.6 Å². The number of likely N-dealkylation sites (tertiary alicyclic amines) is 1. The summed E-state index contributed by atoms with van der Waals surface area (Å²) in [6.07, 6.45) is 4.72. The van der Waals surface area contributed by atoms with Gasteiger partial charge in [0.05, 0.1) is 55.1 Å². The second-order valence-electron chi connectivity index (χ2n) is 12.3. The van der Waals surface area contributed by atoms with Gasteiger partial charge in [0.25, 0.3) is 0 Å². The lowest BCUT2D eigenvalue weighted by Crippen LogP contribution is -2.55. The molecular weight excluding hydrogens is 590 g/mol. The molecule has 3 fully saturated rings. The van der Waals surface area contributed by atoms with Gasteiger partial charge < -0.3 is 24.2 Å². The third-order valence-electron chi connectivity index (χ3n) is 9.60. The van der Waals surface area contributed by atoms with Gasteiger partial charge in [-0.2, -0.15) is 15.2 Å². The molecule has 234 valence electrons. The standard InChI is InChI=1S/C34H38ClN7O3/c1-2-31(43)42-16-15-41(19-24(42)10-12-36)33-27-11-14-40(30-9-4-7-23-6-3-8-28(35)32(23)30)21-29(27)37-34(38-33)44-17-5-13-39-20-26-18-25(39)22-45-26/h2-4,6-9,24-26H,1,5,10-11,13-22H2/t24-,25-,26-/m0/s1. The molecule has 1 amide bonds. The molecule has 10 nitrogen and oxygen atoms in total. The first-order valence-electron chi connectivity index (χ1n) is 15.9. The van der Waals surface area contributed by atoms with Gasteiger partial charge in [0.2, 0.25) is 5.91 Å². The van der Waals surface area contributed by atoms with Crippen LogP contribution in [0.4, 0.5) is 11.5 Å². The van der Waals surface area contributed by atoms with Crippen molar-refractivity contribution in [3.63, 3.8) is 0 Å². The van der Waals surface area contributed by atoms with E-state index in [0.29, 0.717) is 50.9 Å². The number of amides is 1. The van der Waals surface area contributed by atoms with Gasteiger partial charge in [-0.05, 0) is 42.9 Å². The number of rotatable bonds is 9. The Labute approximate surface area is 268 Å². The Hall–Kier alpha value is -3.91. The van der Waals surface area contributed by atoms with Crippen LogP contribution in [-0.4, -0.2) is 96.3 Å². The third-order valence-corrected chi connectivity index (χ3v) is 9.91. The molecule has 0 N–H and O–H groups in total. The van der Waals surface area contributed by atoms with Crippen molar-refractivity contribution in [1.82, 2.24) is 19.8 Å². The van der Waals surface area contributed by atoms with Crippen molar-refractivity contribution in [3.8, 4) is 12.1 Å². The van der Waals surface area contributed by atoms with Crippen molar-refractivity contribution in [2.45, 2.75) is 50.4 Å². The summed E-state index contributed by atoms with van der Waals surface area (Å²) in [4.78, 5) is 31.3. The van der Waals surface area contributed by atoms with Crippen LogP contribution in [0.3, 0.4) is 0 Å². The van der Waals surface area contributed by atoms with E-state index in [2.05, 4.69) is 51.6 Å². The summed E-state index contributed by atoms with van der Waals surface area (Å²) in [5, 5.41) is 12.4. The Morgan fingerprint density at radius 3 is 2.80 bits per heavy atom. The molecule has 3 saturated heterocycles. The molecule has 11 heteroatoms. The molecule has 2 aromatic carbocycles. The predicted octanol–water partition coefficient (Wildman–Crippen LogP) is 4.20. The van der Waals surface area contributed by atoms with Crippen molar-refractivity contribution in [2.24, 2.45) is 0 Å². The van der Waals surface area contributed by atoms with Gasteiger partial charge in [0, 0.05) is 61.9 Å². The largest absolute Gasteiger partial charge is 0.463 e. The number of benzene rings is 2. The molecule has 7 rings (SSSR count). The van der Waals surface area contributed by atoms with E-state index in [1.165, 1.54) is 6.08 Å². The van der Waals surface area contributed by atoms with E-state index < -0.39 is 0 Å². The second-order valence-corrected chi connectivity index (χ2v) is 12.7. The van der Waals surface area contributed by atoms with Crippen molar-refractivity contribution < 1.29 is 14.3 Å². The topological polar surface area (TPSA) is 98.1 Å². The molecule has 45 heavy (non-hydrogen) atoms. The van der Waals surface area contributed by atoms with Gasteiger partial charge in [-0.25, -0.2) is 0 Å². The fourth-order valence-corrected chi connectivity index (χ4v) is 7.66. The summed E-state index contributed by atoms with van der Waals surface area (Å²) < 4.78 is 12.0. The number of carbonyl (C=O) groups excluding carboxylic acids is 1. The van der Waals surface area contributed by atoms with Crippen LogP contribution in [0.15, 0.2) is 49.1 Å². The number of aromatic nitrogens is 2. The second kappa shape index (κ2) is 12.8. The molecule has 0 aliphatic carbocycles. The first-order valence-corrected chi connectivity index (χ1v) is 16.3. The minimum atomic E-state index is -0.248. The summed E-state index contributed by atoms with van der Waals surface area (Å²) in [5.41, 5.74) is 3.11. The SMILES string of the molecule is C=CC(=O)N1CCN(c2nc(OCCCN3C[C@@H]4C[C@H]3CO4)nc3c2CCN(c2cccc4cccc(Cl)c24)C3)C[C@@H]1CC#N. The van der Waals surface area contributed by atoms with E-state index in [0.717, 1.165) is 84.1 Å². The zero-order chi connectivity index (χ0) is 30.9. The lowest BCUT2D eigenvalue weighted by atomic mass is 10.0. The molecule has 0 radical (unpaired) electrons. The maximum atomic E-state index is 12.6. The van der Waals surface area contributed by atoms with Crippen LogP contribution in [0.25, 0.3) is 10.8 Å². The molecule has 4 aliphatic rings. The van der Waals surface area contributed by atoms with Gasteiger partial charge in [-0.1, -0.05) is 42.4 Å². The number of hydrogen-bond acceptors (Lipinski definition) is 9. The van der Waals surface area contributed by atoms with Crippen LogP contribution in [0.2, 0.25) is 5.02 Å². The number of fused-ring (bicyclic) bond motifs is 4. The van der Waals surface area contributed by atoms with Crippen LogP contribution in [0.1, 0.15) is 30.5 Å². The first-order chi connectivity index (χ1) is 22.0. The number of nitrogens with zero attached hydrogens (tertiary/aromatic N) is 7. The van der Waals surface area contributed by atoms with Gasteiger partial charge in [0.15, 0.2) is 0 Å². The summed E-state index contributed by atoms with van der Waals surface area (Å²) in [6.45, 7) is 9.97. The average Bonchev–Trinajstić information content (AvgIpc) is 3.70. The van der Waals surface area contributed by atoms with Gasteiger partial charge in [-0.15, -0.1) is 0 Å². The number of piperazine rings is 1. The first kappa shape index (κ1) is 29.8. The molecule has 0 unspecified atom stereocenters. The Bertz CT molecular complexity index is 1640. The minimum Gasteiger partial charge on any atom is -0.463 e. The van der Waals surface area contributed by atoms with E-state index in [1.54, 1.807) is 4.90 Å². The average molecular weight is 628 g/mol. The zero-order valence-electron chi connectivity index (χ0n) is 25.4. The number of hydrogen-bond donors (Lipinski definition) is 0. The van der Waals surface area contributed by atoms with Gasteiger partial charge in [-0.3, -0.25) is 9.69 Å².